The third-order valence-corrected chi connectivity index (χ3v) is 6.26. The Kier molecular flexibility index (Phi) is 6.40. The predicted octanol–water partition coefficient (Wildman–Crippen LogP) is 5.13. The first-order valence-electron chi connectivity index (χ1n) is 11.2. The number of hydrogen-bond acceptors (Lipinski definition) is 3. The molecule has 0 saturated carbocycles. The molecule has 4 rings (SSSR count). The van der Waals surface area contributed by atoms with E-state index in [1.165, 1.54) is 5.56 Å². The van der Waals surface area contributed by atoms with Gasteiger partial charge in [0, 0.05) is 25.4 Å². The zero-order valence-corrected chi connectivity index (χ0v) is 18.5. The molecule has 1 fully saturated rings. The first-order valence-corrected chi connectivity index (χ1v) is 11.2. The molecule has 0 N–H and O–H groups in total. The lowest BCUT2D eigenvalue weighted by atomic mass is 9.99. The fourth-order valence-corrected chi connectivity index (χ4v) is 4.30. The molecule has 1 aromatic heterocycles. The molecule has 2 atom stereocenters. The van der Waals surface area contributed by atoms with Crippen molar-refractivity contribution in [3.05, 3.63) is 72.6 Å². The number of aromatic nitrogens is 2. The highest BCUT2D eigenvalue weighted by Crippen LogP contribution is 2.30. The highest BCUT2D eigenvalue weighted by molar-refractivity contribution is 5.81. The third kappa shape index (κ3) is 4.50. The van der Waals surface area contributed by atoms with Gasteiger partial charge in [0.05, 0.1) is 17.6 Å². The number of hydrogen-bond donors (Lipinski definition) is 0. The molecule has 31 heavy (non-hydrogen) atoms. The summed E-state index contributed by atoms with van der Waals surface area (Å²) in [6, 6.07) is 16.6. The molecule has 5 nitrogen and oxygen atoms in total. The normalized spacial score (nSPS) is 17.3. The van der Waals surface area contributed by atoms with E-state index in [1.807, 2.05) is 23.1 Å². The van der Waals surface area contributed by atoms with Crippen molar-refractivity contribution in [3.63, 3.8) is 0 Å². The Labute approximate surface area is 184 Å². The van der Waals surface area contributed by atoms with Crippen LogP contribution in [-0.2, 0) is 11.3 Å². The minimum absolute atomic E-state index is 0.0923. The van der Waals surface area contributed by atoms with E-state index in [-0.39, 0.29) is 11.8 Å². The molecule has 5 heteroatoms. The van der Waals surface area contributed by atoms with Gasteiger partial charge in [0.2, 0.25) is 5.91 Å². The first kappa shape index (κ1) is 21.2. The summed E-state index contributed by atoms with van der Waals surface area (Å²) in [4.78, 5) is 19.1. The van der Waals surface area contributed by atoms with Crippen LogP contribution in [0.1, 0.15) is 49.9 Å². The predicted molar refractivity (Wildman–Crippen MR) is 125 cm³/mol. The van der Waals surface area contributed by atoms with E-state index in [0.29, 0.717) is 38.6 Å². The Hall–Kier alpha value is -3.08. The highest BCUT2D eigenvalue weighted by atomic mass is 16.5. The average Bonchev–Trinajstić information content (AvgIpc) is 3.34. The summed E-state index contributed by atoms with van der Waals surface area (Å²) in [6.45, 7) is 10.7. The molecule has 0 bridgehead atoms. The fourth-order valence-electron chi connectivity index (χ4n) is 4.30. The van der Waals surface area contributed by atoms with Crippen LogP contribution in [0.5, 0.6) is 5.75 Å². The fraction of sp³-hybridized carbons (Fsp3) is 0.385. The van der Waals surface area contributed by atoms with Gasteiger partial charge in [-0.2, -0.15) is 0 Å². The second-order valence-corrected chi connectivity index (χ2v) is 8.33. The number of likely N-dealkylation sites (tertiary alicyclic amines) is 1. The van der Waals surface area contributed by atoms with Crippen LogP contribution in [0.25, 0.3) is 11.0 Å². The quantitative estimate of drug-likeness (QED) is 0.454. The summed E-state index contributed by atoms with van der Waals surface area (Å²) in [6.07, 6.45) is 3.41. The van der Waals surface area contributed by atoms with Crippen LogP contribution in [0.15, 0.2) is 61.2 Å². The molecule has 1 aliphatic rings. The molecule has 3 aromatic rings. The molecule has 0 radical (unpaired) electrons. The summed E-state index contributed by atoms with van der Waals surface area (Å²) < 4.78 is 8.28. The second-order valence-electron chi connectivity index (χ2n) is 8.33. The zero-order valence-electron chi connectivity index (χ0n) is 18.5. The van der Waals surface area contributed by atoms with Gasteiger partial charge in [-0.1, -0.05) is 44.2 Å². The van der Waals surface area contributed by atoms with E-state index in [2.05, 4.69) is 55.3 Å². The summed E-state index contributed by atoms with van der Waals surface area (Å²) >= 11 is 0. The number of benzene rings is 2. The van der Waals surface area contributed by atoms with Gasteiger partial charge in [0.1, 0.15) is 18.2 Å². The molecule has 162 valence electrons. The Morgan fingerprint density at radius 2 is 2.00 bits per heavy atom. The van der Waals surface area contributed by atoms with Crippen LogP contribution in [-0.4, -0.2) is 40.1 Å². The minimum atomic E-state index is 0.0923. The molecule has 1 amide bonds. The van der Waals surface area contributed by atoms with Crippen LogP contribution in [0.2, 0.25) is 0 Å². The van der Waals surface area contributed by atoms with Crippen molar-refractivity contribution in [2.75, 3.05) is 19.7 Å². The zero-order chi connectivity index (χ0) is 21.8. The molecular formula is C26H31N3O2. The maximum Gasteiger partial charge on any atom is 0.223 e. The van der Waals surface area contributed by atoms with Crippen LogP contribution in [0, 0.1) is 0 Å². The lowest BCUT2D eigenvalue weighted by Gasteiger charge is -2.16. The van der Waals surface area contributed by atoms with Gasteiger partial charge in [-0.05, 0) is 42.2 Å². The molecule has 0 spiro atoms. The van der Waals surface area contributed by atoms with Crippen molar-refractivity contribution in [1.82, 2.24) is 14.5 Å². The Balaban J connectivity index is 1.50. The molecule has 2 unspecified atom stereocenters. The maximum absolute atomic E-state index is 12.4. The Bertz CT molecular complexity index is 1050. The molecule has 0 aliphatic carbocycles. The molecule has 2 aromatic carbocycles. The lowest BCUT2D eigenvalue weighted by molar-refractivity contribution is -0.127. The molecule has 1 saturated heterocycles. The van der Waals surface area contributed by atoms with Crippen LogP contribution in [0.3, 0.4) is 0 Å². The second kappa shape index (κ2) is 9.38. The van der Waals surface area contributed by atoms with Crippen LogP contribution in [0.4, 0.5) is 0 Å². The number of amides is 1. The van der Waals surface area contributed by atoms with Gasteiger partial charge in [-0.15, -0.1) is 6.58 Å². The van der Waals surface area contributed by atoms with Crippen molar-refractivity contribution < 1.29 is 9.53 Å². The molecule has 1 aliphatic heterocycles. The van der Waals surface area contributed by atoms with E-state index in [0.717, 1.165) is 29.0 Å². The van der Waals surface area contributed by atoms with E-state index in [4.69, 9.17) is 9.72 Å². The van der Waals surface area contributed by atoms with Gasteiger partial charge in [-0.3, -0.25) is 4.79 Å². The highest BCUT2D eigenvalue weighted by Gasteiger charge is 2.33. The number of imidazole rings is 1. The van der Waals surface area contributed by atoms with E-state index in [9.17, 15) is 4.79 Å². The smallest absolute Gasteiger partial charge is 0.223 e. The van der Waals surface area contributed by atoms with Gasteiger partial charge in [0.25, 0.3) is 0 Å². The van der Waals surface area contributed by atoms with Gasteiger partial charge >= 0.3 is 0 Å². The number of nitrogens with zero attached hydrogens (tertiary/aromatic N) is 3. The standard InChI is InChI=1S/C26H31N3O2/c1-4-14-28-18-21(17-25(28)30)26-27-23-8-6-7-9-24(23)29(26)15-16-31-22-12-10-20(11-13-22)19(3)5-2/h4,6-13,19,21H,1,5,14-18H2,2-3H3. The summed E-state index contributed by atoms with van der Waals surface area (Å²) in [5, 5.41) is 0. The average molecular weight is 418 g/mol. The largest absolute Gasteiger partial charge is 0.492 e. The summed E-state index contributed by atoms with van der Waals surface area (Å²) in [7, 11) is 0. The van der Waals surface area contributed by atoms with Crippen LogP contribution < -0.4 is 4.74 Å². The van der Waals surface area contributed by atoms with Gasteiger partial charge < -0.3 is 14.2 Å². The van der Waals surface area contributed by atoms with Crippen molar-refractivity contribution in [2.45, 2.75) is 45.1 Å². The SMILES string of the molecule is C=CCN1CC(c2nc3ccccc3n2CCOc2ccc(C(C)CC)cc2)CC1=O. The number of rotatable bonds is 9. The van der Waals surface area contributed by atoms with E-state index < -0.39 is 0 Å². The third-order valence-electron chi connectivity index (χ3n) is 6.26. The summed E-state index contributed by atoms with van der Waals surface area (Å²) in [5.74, 6) is 2.67. The van der Waals surface area contributed by atoms with Gasteiger partial charge in [-0.25, -0.2) is 4.98 Å². The van der Waals surface area contributed by atoms with E-state index >= 15 is 0 Å². The topological polar surface area (TPSA) is 47.4 Å². The Morgan fingerprint density at radius 1 is 1.23 bits per heavy atom. The maximum atomic E-state index is 12.4. The number of ether oxygens (including phenoxy) is 1. The Morgan fingerprint density at radius 3 is 2.74 bits per heavy atom. The van der Waals surface area contributed by atoms with Crippen molar-refractivity contribution >= 4 is 16.9 Å². The molecular weight excluding hydrogens is 386 g/mol. The number of carbonyl (C=O) groups is 1. The van der Waals surface area contributed by atoms with Crippen molar-refractivity contribution in [1.29, 1.82) is 0 Å². The van der Waals surface area contributed by atoms with Crippen molar-refractivity contribution in [3.8, 4) is 5.75 Å². The van der Waals surface area contributed by atoms with Gasteiger partial charge in [0.15, 0.2) is 0 Å². The van der Waals surface area contributed by atoms with E-state index in [1.54, 1.807) is 6.08 Å². The lowest BCUT2D eigenvalue weighted by Crippen LogP contribution is -2.25. The molecule has 2 heterocycles. The number of para-hydroxylation sites is 2. The number of fused-ring (bicyclic) bond motifs is 1. The number of carbonyl (C=O) groups excluding carboxylic acids is 1. The minimum Gasteiger partial charge on any atom is -0.492 e. The van der Waals surface area contributed by atoms with Crippen molar-refractivity contribution in [2.24, 2.45) is 0 Å². The summed E-state index contributed by atoms with van der Waals surface area (Å²) in [5.41, 5.74) is 3.39. The monoisotopic (exact) mass is 417 g/mol. The first-order chi connectivity index (χ1) is 15.1. The van der Waals surface area contributed by atoms with Crippen LogP contribution >= 0.6 is 0 Å².